The quantitative estimate of drug-likeness (QED) is 0.510. The molecule has 1 heteroatoms. The van der Waals surface area contributed by atoms with Gasteiger partial charge in [-0.2, -0.15) is 0 Å². The summed E-state index contributed by atoms with van der Waals surface area (Å²) >= 11 is 1.93. The molecule has 0 bridgehead atoms. The fraction of sp³-hybridized carbons (Fsp3) is 0.444. The SMILES string of the molecule is C#CCCC1CCC/C1=C\c1ccccc1SCC. The number of rotatable bonds is 5. The average Bonchev–Trinajstić information content (AvgIpc) is 2.86. The maximum absolute atomic E-state index is 5.40. The van der Waals surface area contributed by atoms with Crippen molar-refractivity contribution in [2.45, 2.75) is 43.9 Å². The van der Waals surface area contributed by atoms with Crippen LogP contribution in [0.25, 0.3) is 6.08 Å². The number of terminal acetylenes is 1. The second-order valence-electron chi connectivity index (χ2n) is 5.02. The van der Waals surface area contributed by atoms with Crippen LogP contribution in [-0.4, -0.2) is 5.75 Å². The van der Waals surface area contributed by atoms with Crippen LogP contribution in [0.2, 0.25) is 0 Å². The summed E-state index contributed by atoms with van der Waals surface area (Å²) in [4.78, 5) is 1.40. The molecular weight excluding hydrogens is 248 g/mol. The van der Waals surface area contributed by atoms with Crippen LogP contribution in [0.15, 0.2) is 34.7 Å². The lowest BCUT2D eigenvalue weighted by atomic mass is 9.95. The fourth-order valence-corrected chi connectivity index (χ4v) is 3.59. The molecule has 1 aliphatic rings. The molecule has 0 heterocycles. The topological polar surface area (TPSA) is 0 Å². The molecule has 0 nitrogen and oxygen atoms in total. The molecule has 100 valence electrons. The van der Waals surface area contributed by atoms with Gasteiger partial charge in [-0.3, -0.25) is 0 Å². The summed E-state index contributed by atoms with van der Waals surface area (Å²) < 4.78 is 0. The van der Waals surface area contributed by atoms with Gasteiger partial charge in [0.15, 0.2) is 0 Å². The van der Waals surface area contributed by atoms with E-state index in [0.717, 1.165) is 24.5 Å². The Morgan fingerprint density at radius 2 is 2.26 bits per heavy atom. The summed E-state index contributed by atoms with van der Waals surface area (Å²) in [5.74, 6) is 4.62. The molecular formula is C18H22S. The molecule has 2 rings (SSSR count). The first kappa shape index (κ1) is 14.3. The Morgan fingerprint density at radius 1 is 1.42 bits per heavy atom. The van der Waals surface area contributed by atoms with Gasteiger partial charge in [0.1, 0.15) is 0 Å². The fourth-order valence-electron chi connectivity index (χ4n) is 2.81. The second kappa shape index (κ2) is 7.46. The lowest BCUT2D eigenvalue weighted by Gasteiger charge is -2.11. The van der Waals surface area contributed by atoms with Gasteiger partial charge in [0, 0.05) is 11.3 Å². The minimum Gasteiger partial charge on any atom is -0.126 e. The minimum atomic E-state index is 0.718. The zero-order valence-corrected chi connectivity index (χ0v) is 12.5. The number of hydrogen-bond donors (Lipinski definition) is 0. The monoisotopic (exact) mass is 270 g/mol. The van der Waals surface area contributed by atoms with Gasteiger partial charge in [-0.15, -0.1) is 24.1 Å². The smallest absolute Gasteiger partial charge is 0.0144 e. The van der Waals surface area contributed by atoms with Crippen LogP contribution in [0.3, 0.4) is 0 Å². The van der Waals surface area contributed by atoms with Gasteiger partial charge in [-0.1, -0.05) is 36.8 Å². The third-order valence-corrected chi connectivity index (χ3v) is 4.71. The van der Waals surface area contributed by atoms with E-state index in [-0.39, 0.29) is 0 Å². The third kappa shape index (κ3) is 3.91. The summed E-state index contributed by atoms with van der Waals surface area (Å²) in [7, 11) is 0. The molecule has 1 atom stereocenters. The van der Waals surface area contributed by atoms with Gasteiger partial charge < -0.3 is 0 Å². The van der Waals surface area contributed by atoms with E-state index in [1.807, 2.05) is 11.8 Å². The molecule has 0 aliphatic heterocycles. The van der Waals surface area contributed by atoms with Gasteiger partial charge in [0.25, 0.3) is 0 Å². The largest absolute Gasteiger partial charge is 0.126 e. The maximum Gasteiger partial charge on any atom is 0.0144 e. The molecule has 0 spiro atoms. The van der Waals surface area contributed by atoms with Crippen molar-refractivity contribution < 1.29 is 0 Å². The van der Waals surface area contributed by atoms with E-state index >= 15 is 0 Å². The molecule has 0 aromatic heterocycles. The van der Waals surface area contributed by atoms with E-state index in [0.29, 0.717) is 0 Å². The van der Waals surface area contributed by atoms with Crippen molar-refractivity contribution >= 4 is 17.8 Å². The summed E-state index contributed by atoms with van der Waals surface area (Å²) in [5.41, 5.74) is 3.00. The average molecular weight is 270 g/mol. The Hall–Kier alpha value is -1.13. The van der Waals surface area contributed by atoms with Crippen molar-refractivity contribution in [3.8, 4) is 12.3 Å². The number of hydrogen-bond acceptors (Lipinski definition) is 1. The molecule has 1 aromatic carbocycles. The second-order valence-corrected chi connectivity index (χ2v) is 6.33. The highest BCUT2D eigenvalue weighted by Crippen LogP contribution is 2.36. The lowest BCUT2D eigenvalue weighted by molar-refractivity contribution is 0.586. The molecule has 0 saturated heterocycles. The predicted molar refractivity (Wildman–Crippen MR) is 86.2 cm³/mol. The van der Waals surface area contributed by atoms with E-state index < -0.39 is 0 Å². The van der Waals surface area contributed by atoms with E-state index in [9.17, 15) is 0 Å². The lowest BCUT2D eigenvalue weighted by Crippen LogP contribution is -1.96. The van der Waals surface area contributed by atoms with Crippen LogP contribution in [0.1, 0.15) is 44.6 Å². The Bertz CT molecular complexity index is 479. The molecule has 0 radical (unpaired) electrons. The molecule has 1 fully saturated rings. The molecule has 1 aliphatic carbocycles. The Labute approximate surface area is 121 Å². The van der Waals surface area contributed by atoms with E-state index in [1.165, 1.54) is 29.7 Å². The first-order valence-electron chi connectivity index (χ1n) is 7.21. The molecule has 0 amide bonds. The summed E-state index contributed by atoms with van der Waals surface area (Å²) in [6.45, 7) is 2.21. The zero-order valence-electron chi connectivity index (χ0n) is 11.7. The van der Waals surface area contributed by atoms with Gasteiger partial charge in [0.05, 0.1) is 0 Å². The Balaban J connectivity index is 2.17. The van der Waals surface area contributed by atoms with Crippen molar-refractivity contribution in [3.63, 3.8) is 0 Å². The third-order valence-electron chi connectivity index (χ3n) is 3.74. The van der Waals surface area contributed by atoms with E-state index in [1.54, 1.807) is 5.57 Å². The molecule has 1 aromatic rings. The number of benzene rings is 1. The van der Waals surface area contributed by atoms with Crippen molar-refractivity contribution in [1.82, 2.24) is 0 Å². The maximum atomic E-state index is 5.40. The highest BCUT2D eigenvalue weighted by molar-refractivity contribution is 7.99. The van der Waals surface area contributed by atoms with Gasteiger partial charge >= 0.3 is 0 Å². The summed E-state index contributed by atoms with van der Waals surface area (Å²) in [5, 5.41) is 0. The molecule has 1 unspecified atom stereocenters. The van der Waals surface area contributed by atoms with Crippen LogP contribution in [0.5, 0.6) is 0 Å². The predicted octanol–water partition coefficient (Wildman–Crippen LogP) is 5.40. The van der Waals surface area contributed by atoms with Gasteiger partial charge in [-0.05, 0) is 49.0 Å². The molecule has 1 saturated carbocycles. The molecule has 19 heavy (non-hydrogen) atoms. The van der Waals surface area contributed by atoms with Gasteiger partial charge in [-0.25, -0.2) is 0 Å². The van der Waals surface area contributed by atoms with Crippen LogP contribution in [0.4, 0.5) is 0 Å². The first-order valence-corrected chi connectivity index (χ1v) is 8.19. The van der Waals surface area contributed by atoms with E-state index in [4.69, 9.17) is 6.42 Å². The van der Waals surface area contributed by atoms with Crippen molar-refractivity contribution in [3.05, 3.63) is 35.4 Å². The van der Waals surface area contributed by atoms with E-state index in [2.05, 4.69) is 43.2 Å². The van der Waals surface area contributed by atoms with Crippen LogP contribution >= 0.6 is 11.8 Å². The normalized spacial score (nSPS) is 20.6. The number of thioether (sulfide) groups is 1. The first-order chi connectivity index (χ1) is 9.35. The van der Waals surface area contributed by atoms with Crippen molar-refractivity contribution in [1.29, 1.82) is 0 Å². The molecule has 0 N–H and O–H groups in total. The van der Waals surface area contributed by atoms with Gasteiger partial charge in [0.2, 0.25) is 0 Å². The number of allylic oxidation sites excluding steroid dienone is 1. The Kier molecular flexibility index (Phi) is 5.61. The zero-order chi connectivity index (χ0) is 13.5. The minimum absolute atomic E-state index is 0.718. The summed E-state index contributed by atoms with van der Waals surface area (Å²) in [6.07, 6.45) is 13.8. The summed E-state index contributed by atoms with van der Waals surface area (Å²) in [6, 6.07) is 8.73. The highest BCUT2D eigenvalue weighted by Gasteiger charge is 2.20. The highest BCUT2D eigenvalue weighted by atomic mass is 32.2. The standard InChI is InChI=1S/C18H22S/c1-3-5-9-15-11-8-12-16(15)14-17-10-6-7-13-18(17)19-4-2/h1,6-7,10,13-15H,4-5,8-9,11-12H2,2H3/b16-14+. The van der Waals surface area contributed by atoms with Crippen LogP contribution in [0, 0.1) is 18.3 Å². The van der Waals surface area contributed by atoms with Crippen LogP contribution < -0.4 is 0 Å². The van der Waals surface area contributed by atoms with Crippen LogP contribution in [-0.2, 0) is 0 Å². The van der Waals surface area contributed by atoms with Crippen molar-refractivity contribution in [2.75, 3.05) is 5.75 Å². The van der Waals surface area contributed by atoms with Crippen molar-refractivity contribution in [2.24, 2.45) is 5.92 Å². The Morgan fingerprint density at radius 3 is 3.05 bits per heavy atom.